The summed E-state index contributed by atoms with van der Waals surface area (Å²) >= 11 is 0. The van der Waals surface area contributed by atoms with Crippen molar-refractivity contribution >= 4 is 11.8 Å². The Labute approximate surface area is 118 Å². The molecule has 0 unspecified atom stereocenters. The van der Waals surface area contributed by atoms with Crippen LogP contribution < -0.4 is 10.1 Å². The zero-order valence-electron chi connectivity index (χ0n) is 11.9. The van der Waals surface area contributed by atoms with Gasteiger partial charge in [0, 0.05) is 13.1 Å². The van der Waals surface area contributed by atoms with Gasteiger partial charge in [-0.2, -0.15) is 0 Å². The maximum Gasteiger partial charge on any atom is 0.261 e. The number of carbonyl (C=O) groups excluding carboxylic acids is 2. The molecule has 1 aliphatic heterocycles. The highest BCUT2D eigenvalue weighted by Crippen LogP contribution is 2.20. The van der Waals surface area contributed by atoms with Gasteiger partial charge >= 0.3 is 0 Å². The molecule has 1 N–H and O–H groups in total. The van der Waals surface area contributed by atoms with Gasteiger partial charge in [0.1, 0.15) is 5.75 Å². The van der Waals surface area contributed by atoms with Crippen LogP contribution in [0.3, 0.4) is 0 Å². The van der Waals surface area contributed by atoms with Crippen molar-refractivity contribution in [3.05, 3.63) is 29.8 Å². The molecule has 0 aromatic heterocycles. The SMILES string of the molecule is CC(C)c1cccc(OCC(=O)N2CCNC(=O)C2)c1. The summed E-state index contributed by atoms with van der Waals surface area (Å²) in [5, 5.41) is 2.69. The number of nitrogens with one attached hydrogen (secondary N) is 1. The zero-order chi connectivity index (χ0) is 14.5. The van der Waals surface area contributed by atoms with Gasteiger partial charge in [-0.3, -0.25) is 9.59 Å². The van der Waals surface area contributed by atoms with Gasteiger partial charge in [0.15, 0.2) is 6.61 Å². The second-order valence-electron chi connectivity index (χ2n) is 5.18. The number of hydrogen-bond acceptors (Lipinski definition) is 3. The number of carbonyl (C=O) groups is 2. The van der Waals surface area contributed by atoms with E-state index in [4.69, 9.17) is 4.74 Å². The summed E-state index contributed by atoms with van der Waals surface area (Å²) in [5.74, 6) is 0.826. The van der Waals surface area contributed by atoms with Crippen molar-refractivity contribution in [1.29, 1.82) is 0 Å². The van der Waals surface area contributed by atoms with Crippen molar-refractivity contribution in [3.8, 4) is 5.75 Å². The molecule has 0 atom stereocenters. The van der Waals surface area contributed by atoms with E-state index in [1.165, 1.54) is 10.5 Å². The summed E-state index contributed by atoms with van der Waals surface area (Å²) in [6.07, 6.45) is 0. The third-order valence-electron chi connectivity index (χ3n) is 3.28. The van der Waals surface area contributed by atoms with Gasteiger partial charge < -0.3 is 15.0 Å². The molecule has 2 rings (SSSR count). The fourth-order valence-corrected chi connectivity index (χ4v) is 2.05. The summed E-state index contributed by atoms with van der Waals surface area (Å²) in [6, 6.07) is 7.74. The summed E-state index contributed by atoms with van der Waals surface area (Å²) in [6.45, 7) is 5.35. The van der Waals surface area contributed by atoms with Gasteiger partial charge in [0.2, 0.25) is 5.91 Å². The van der Waals surface area contributed by atoms with Crippen LogP contribution in [0.4, 0.5) is 0 Å². The van der Waals surface area contributed by atoms with Crippen molar-refractivity contribution in [2.45, 2.75) is 19.8 Å². The van der Waals surface area contributed by atoms with Crippen LogP contribution in [0.25, 0.3) is 0 Å². The molecule has 1 heterocycles. The quantitative estimate of drug-likeness (QED) is 0.897. The number of amides is 2. The molecule has 0 aliphatic carbocycles. The number of hydrogen-bond donors (Lipinski definition) is 1. The molecule has 1 fully saturated rings. The second kappa shape index (κ2) is 6.41. The predicted molar refractivity (Wildman–Crippen MR) is 75.6 cm³/mol. The van der Waals surface area contributed by atoms with Gasteiger partial charge in [-0.05, 0) is 23.6 Å². The molecule has 2 amide bonds. The molecule has 0 bridgehead atoms. The average Bonchev–Trinajstić information content (AvgIpc) is 2.45. The maximum absolute atomic E-state index is 12.0. The second-order valence-corrected chi connectivity index (χ2v) is 5.18. The molecule has 0 spiro atoms. The van der Waals surface area contributed by atoms with E-state index >= 15 is 0 Å². The molecule has 20 heavy (non-hydrogen) atoms. The van der Waals surface area contributed by atoms with Crippen LogP contribution in [0.2, 0.25) is 0 Å². The van der Waals surface area contributed by atoms with Crippen LogP contribution in [-0.4, -0.2) is 43.0 Å². The number of benzene rings is 1. The number of nitrogens with zero attached hydrogens (tertiary/aromatic N) is 1. The minimum Gasteiger partial charge on any atom is -0.484 e. The van der Waals surface area contributed by atoms with E-state index in [1.807, 2.05) is 24.3 Å². The number of rotatable bonds is 4. The fourth-order valence-electron chi connectivity index (χ4n) is 2.05. The largest absolute Gasteiger partial charge is 0.484 e. The molecule has 1 aromatic rings. The Morgan fingerprint density at radius 1 is 1.45 bits per heavy atom. The van der Waals surface area contributed by atoms with Gasteiger partial charge in [-0.1, -0.05) is 26.0 Å². The van der Waals surface area contributed by atoms with E-state index in [0.29, 0.717) is 24.8 Å². The topological polar surface area (TPSA) is 58.6 Å². The summed E-state index contributed by atoms with van der Waals surface area (Å²) in [5.41, 5.74) is 1.17. The van der Waals surface area contributed by atoms with Crippen LogP contribution >= 0.6 is 0 Å². The highest BCUT2D eigenvalue weighted by atomic mass is 16.5. The Morgan fingerprint density at radius 3 is 2.95 bits per heavy atom. The first-order chi connectivity index (χ1) is 9.56. The van der Waals surface area contributed by atoms with Gasteiger partial charge in [-0.25, -0.2) is 0 Å². The molecular weight excluding hydrogens is 256 g/mol. The van der Waals surface area contributed by atoms with Crippen LogP contribution in [-0.2, 0) is 9.59 Å². The lowest BCUT2D eigenvalue weighted by Crippen LogP contribution is -2.51. The average molecular weight is 276 g/mol. The lowest BCUT2D eigenvalue weighted by atomic mass is 10.0. The lowest BCUT2D eigenvalue weighted by molar-refractivity contribution is -0.139. The molecule has 0 radical (unpaired) electrons. The maximum atomic E-state index is 12.0. The van der Waals surface area contributed by atoms with Crippen molar-refractivity contribution in [1.82, 2.24) is 10.2 Å². The van der Waals surface area contributed by atoms with E-state index in [-0.39, 0.29) is 25.0 Å². The van der Waals surface area contributed by atoms with Gasteiger partial charge in [0.05, 0.1) is 6.54 Å². The summed E-state index contributed by atoms with van der Waals surface area (Å²) in [4.78, 5) is 24.7. The third-order valence-corrected chi connectivity index (χ3v) is 3.28. The van der Waals surface area contributed by atoms with Crippen molar-refractivity contribution in [3.63, 3.8) is 0 Å². The van der Waals surface area contributed by atoms with Crippen molar-refractivity contribution in [2.75, 3.05) is 26.2 Å². The molecule has 5 nitrogen and oxygen atoms in total. The molecule has 1 saturated heterocycles. The van der Waals surface area contributed by atoms with Crippen LogP contribution in [0.15, 0.2) is 24.3 Å². The standard InChI is InChI=1S/C15H20N2O3/c1-11(2)12-4-3-5-13(8-12)20-10-15(19)17-7-6-16-14(18)9-17/h3-5,8,11H,6-7,9-10H2,1-2H3,(H,16,18). The highest BCUT2D eigenvalue weighted by molar-refractivity contribution is 5.86. The molecule has 108 valence electrons. The predicted octanol–water partition coefficient (Wildman–Crippen LogP) is 1.15. The Bertz CT molecular complexity index is 500. The summed E-state index contributed by atoms with van der Waals surface area (Å²) in [7, 11) is 0. The summed E-state index contributed by atoms with van der Waals surface area (Å²) < 4.78 is 5.52. The highest BCUT2D eigenvalue weighted by Gasteiger charge is 2.21. The molecule has 1 aliphatic rings. The van der Waals surface area contributed by atoms with Crippen LogP contribution in [0.1, 0.15) is 25.3 Å². The number of ether oxygens (including phenoxy) is 1. The first kappa shape index (κ1) is 14.4. The monoisotopic (exact) mass is 276 g/mol. The normalized spacial score (nSPS) is 15.2. The third kappa shape index (κ3) is 3.73. The van der Waals surface area contributed by atoms with E-state index in [0.717, 1.165) is 0 Å². The zero-order valence-corrected chi connectivity index (χ0v) is 11.9. The Hall–Kier alpha value is -2.04. The van der Waals surface area contributed by atoms with Gasteiger partial charge in [-0.15, -0.1) is 0 Å². The lowest BCUT2D eigenvalue weighted by Gasteiger charge is -2.26. The molecule has 0 saturated carbocycles. The molecule has 1 aromatic carbocycles. The Morgan fingerprint density at radius 2 is 2.25 bits per heavy atom. The minimum atomic E-state index is -0.158. The van der Waals surface area contributed by atoms with E-state index in [1.54, 1.807) is 0 Å². The van der Waals surface area contributed by atoms with E-state index in [2.05, 4.69) is 19.2 Å². The minimum absolute atomic E-state index is 0.0329. The fraction of sp³-hybridized carbons (Fsp3) is 0.467. The van der Waals surface area contributed by atoms with Crippen molar-refractivity contribution < 1.29 is 14.3 Å². The smallest absolute Gasteiger partial charge is 0.261 e. The number of piperazine rings is 1. The Kier molecular flexibility index (Phi) is 4.61. The Balaban J connectivity index is 1.89. The van der Waals surface area contributed by atoms with Crippen molar-refractivity contribution in [2.24, 2.45) is 0 Å². The first-order valence-electron chi connectivity index (χ1n) is 6.83. The van der Waals surface area contributed by atoms with E-state index < -0.39 is 0 Å². The van der Waals surface area contributed by atoms with Gasteiger partial charge in [0.25, 0.3) is 5.91 Å². The molecular formula is C15H20N2O3. The van der Waals surface area contributed by atoms with E-state index in [9.17, 15) is 9.59 Å². The van der Waals surface area contributed by atoms with Crippen LogP contribution in [0, 0.1) is 0 Å². The first-order valence-corrected chi connectivity index (χ1v) is 6.83. The molecule has 5 heteroatoms. The van der Waals surface area contributed by atoms with Crippen LogP contribution in [0.5, 0.6) is 5.75 Å².